The van der Waals surface area contributed by atoms with E-state index < -0.39 is 5.82 Å². The molecule has 0 bridgehead atoms. The molecule has 0 saturated heterocycles. The summed E-state index contributed by atoms with van der Waals surface area (Å²) in [5.41, 5.74) is 4.01. The van der Waals surface area contributed by atoms with Crippen LogP contribution in [0.2, 0.25) is 0 Å². The predicted molar refractivity (Wildman–Crippen MR) is 108 cm³/mol. The SMILES string of the molecule is C[C@H]1CC[C@H](c2ccc(-c3cnc(-c4ccc(C#N)c(F)c4)nc3)cc2)CC1. The van der Waals surface area contributed by atoms with E-state index in [9.17, 15) is 4.39 Å². The molecule has 1 heterocycles. The summed E-state index contributed by atoms with van der Waals surface area (Å²) in [7, 11) is 0. The van der Waals surface area contributed by atoms with Crippen molar-refractivity contribution < 1.29 is 4.39 Å². The monoisotopic (exact) mass is 371 g/mol. The molecule has 0 unspecified atom stereocenters. The fourth-order valence-electron chi connectivity index (χ4n) is 3.91. The Kier molecular flexibility index (Phi) is 5.16. The van der Waals surface area contributed by atoms with Crippen molar-refractivity contribution in [1.29, 1.82) is 5.26 Å². The van der Waals surface area contributed by atoms with Crippen molar-refractivity contribution in [3.63, 3.8) is 0 Å². The molecule has 0 N–H and O–H groups in total. The molecule has 0 amide bonds. The third-order valence-corrected chi connectivity index (χ3v) is 5.73. The van der Waals surface area contributed by atoms with E-state index in [4.69, 9.17) is 5.26 Å². The summed E-state index contributed by atoms with van der Waals surface area (Å²) in [5.74, 6) is 1.42. The van der Waals surface area contributed by atoms with E-state index in [1.807, 2.05) is 6.07 Å². The minimum absolute atomic E-state index is 0.0212. The van der Waals surface area contributed by atoms with Crippen molar-refractivity contribution in [1.82, 2.24) is 9.97 Å². The van der Waals surface area contributed by atoms with Gasteiger partial charge in [0.15, 0.2) is 5.82 Å². The molecule has 3 aromatic rings. The van der Waals surface area contributed by atoms with Crippen molar-refractivity contribution in [2.24, 2.45) is 5.92 Å². The normalized spacial score (nSPS) is 19.2. The fourth-order valence-corrected chi connectivity index (χ4v) is 3.91. The lowest BCUT2D eigenvalue weighted by molar-refractivity contribution is 0.348. The van der Waals surface area contributed by atoms with Gasteiger partial charge in [0, 0.05) is 23.5 Å². The second-order valence-corrected chi connectivity index (χ2v) is 7.68. The van der Waals surface area contributed by atoms with Gasteiger partial charge in [0.05, 0.1) is 5.56 Å². The van der Waals surface area contributed by atoms with Crippen LogP contribution in [0.15, 0.2) is 54.9 Å². The molecule has 0 radical (unpaired) electrons. The number of halogens is 1. The van der Waals surface area contributed by atoms with E-state index in [0.29, 0.717) is 17.3 Å². The zero-order chi connectivity index (χ0) is 19.5. The highest BCUT2D eigenvalue weighted by molar-refractivity contribution is 5.64. The second-order valence-electron chi connectivity index (χ2n) is 7.68. The Morgan fingerprint density at radius 3 is 2.14 bits per heavy atom. The van der Waals surface area contributed by atoms with E-state index in [-0.39, 0.29) is 5.56 Å². The molecule has 1 fully saturated rings. The summed E-state index contributed by atoms with van der Waals surface area (Å²) >= 11 is 0. The smallest absolute Gasteiger partial charge is 0.159 e. The Labute approximate surface area is 164 Å². The maximum atomic E-state index is 13.8. The number of nitriles is 1. The van der Waals surface area contributed by atoms with Crippen LogP contribution in [0.25, 0.3) is 22.5 Å². The van der Waals surface area contributed by atoms with Crippen LogP contribution in [0.3, 0.4) is 0 Å². The Balaban J connectivity index is 1.51. The predicted octanol–water partition coefficient (Wildman–Crippen LogP) is 6.12. The zero-order valence-corrected chi connectivity index (χ0v) is 15.9. The summed E-state index contributed by atoms with van der Waals surface area (Å²) in [6.07, 6.45) is 8.71. The second kappa shape index (κ2) is 7.90. The Bertz CT molecular complexity index is 996. The molecule has 0 spiro atoms. The number of aromatic nitrogens is 2. The third-order valence-electron chi connectivity index (χ3n) is 5.73. The van der Waals surface area contributed by atoms with Gasteiger partial charge in [0.2, 0.25) is 0 Å². The zero-order valence-electron chi connectivity index (χ0n) is 15.9. The van der Waals surface area contributed by atoms with Crippen LogP contribution in [0.1, 0.15) is 49.7 Å². The number of nitrogens with zero attached hydrogens (tertiary/aromatic N) is 3. The van der Waals surface area contributed by atoms with Crippen molar-refractivity contribution in [2.75, 3.05) is 0 Å². The van der Waals surface area contributed by atoms with Crippen LogP contribution in [0.5, 0.6) is 0 Å². The Morgan fingerprint density at radius 2 is 1.54 bits per heavy atom. The minimum atomic E-state index is -0.555. The summed E-state index contributed by atoms with van der Waals surface area (Å²) in [4.78, 5) is 8.76. The first-order chi connectivity index (χ1) is 13.6. The van der Waals surface area contributed by atoms with Gasteiger partial charge in [-0.05, 0) is 54.0 Å². The minimum Gasteiger partial charge on any atom is -0.236 e. The summed E-state index contributed by atoms with van der Waals surface area (Å²) < 4.78 is 13.8. The average Bonchev–Trinajstić information content (AvgIpc) is 2.74. The molecule has 4 heteroatoms. The van der Waals surface area contributed by atoms with Crippen LogP contribution in [0, 0.1) is 23.1 Å². The molecular weight excluding hydrogens is 349 g/mol. The first kappa shape index (κ1) is 18.3. The quantitative estimate of drug-likeness (QED) is 0.558. The number of hydrogen-bond donors (Lipinski definition) is 0. The Hall–Kier alpha value is -3.06. The van der Waals surface area contributed by atoms with Gasteiger partial charge >= 0.3 is 0 Å². The molecule has 140 valence electrons. The highest BCUT2D eigenvalue weighted by Crippen LogP contribution is 2.36. The van der Waals surface area contributed by atoms with Crippen molar-refractivity contribution in [2.45, 2.75) is 38.5 Å². The molecule has 1 aromatic heterocycles. The van der Waals surface area contributed by atoms with Crippen LogP contribution < -0.4 is 0 Å². The van der Waals surface area contributed by atoms with Gasteiger partial charge in [-0.3, -0.25) is 0 Å². The van der Waals surface area contributed by atoms with Crippen LogP contribution in [-0.4, -0.2) is 9.97 Å². The molecule has 1 aliphatic rings. The average molecular weight is 371 g/mol. The molecule has 28 heavy (non-hydrogen) atoms. The molecule has 4 rings (SSSR count). The lowest BCUT2D eigenvalue weighted by atomic mass is 9.79. The lowest BCUT2D eigenvalue weighted by Gasteiger charge is -2.26. The van der Waals surface area contributed by atoms with Crippen molar-refractivity contribution in [3.05, 3.63) is 71.8 Å². The number of rotatable bonds is 3. The fraction of sp³-hybridized carbons (Fsp3) is 0.292. The largest absolute Gasteiger partial charge is 0.236 e. The van der Waals surface area contributed by atoms with Crippen LogP contribution in [-0.2, 0) is 0 Å². The highest BCUT2D eigenvalue weighted by atomic mass is 19.1. The van der Waals surface area contributed by atoms with Crippen LogP contribution in [0.4, 0.5) is 4.39 Å². The molecule has 0 atom stereocenters. The molecule has 1 saturated carbocycles. The molecule has 0 aliphatic heterocycles. The van der Waals surface area contributed by atoms with Crippen molar-refractivity contribution in [3.8, 4) is 28.6 Å². The van der Waals surface area contributed by atoms with Crippen LogP contribution >= 0.6 is 0 Å². The third kappa shape index (κ3) is 3.80. The van der Waals surface area contributed by atoms with Gasteiger partial charge < -0.3 is 0 Å². The number of benzene rings is 2. The summed E-state index contributed by atoms with van der Waals surface area (Å²) in [6, 6.07) is 14.9. The number of hydrogen-bond acceptors (Lipinski definition) is 3. The summed E-state index contributed by atoms with van der Waals surface area (Å²) in [6.45, 7) is 2.34. The molecule has 2 aromatic carbocycles. The van der Waals surface area contributed by atoms with Gasteiger partial charge in [-0.15, -0.1) is 0 Å². The van der Waals surface area contributed by atoms with E-state index in [2.05, 4.69) is 41.2 Å². The first-order valence-electron chi connectivity index (χ1n) is 9.76. The molecule has 3 nitrogen and oxygen atoms in total. The topological polar surface area (TPSA) is 49.6 Å². The first-order valence-corrected chi connectivity index (χ1v) is 9.76. The van der Waals surface area contributed by atoms with Gasteiger partial charge in [-0.1, -0.05) is 44.0 Å². The van der Waals surface area contributed by atoms with Crippen molar-refractivity contribution >= 4 is 0 Å². The van der Waals surface area contributed by atoms with Gasteiger partial charge in [0.1, 0.15) is 11.9 Å². The van der Waals surface area contributed by atoms with E-state index >= 15 is 0 Å². The van der Waals surface area contributed by atoms with Gasteiger partial charge in [-0.2, -0.15) is 5.26 Å². The molecular formula is C24H22FN3. The maximum absolute atomic E-state index is 13.8. The van der Waals surface area contributed by atoms with Gasteiger partial charge in [-0.25, -0.2) is 14.4 Å². The highest BCUT2D eigenvalue weighted by Gasteiger charge is 2.19. The van der Waals surface area contributed by atoms with Gasteiger partial charge in [0.25, 0.3) is 0 Å². The lowest BCUT2D eigenvalue weighted by Crippen LogP contribution is -2.10. The van der Waals surface area contributed by atoms with E-state index in [0.717, 1.165) is 17.0 Å². The van der Waals surface area contributed by atoms with E-state index in [1.54, 1.807) is 18.5 Å². The maximum Gasteiger partial charge on any atom is 0.159 e. The standard InChI is InChI=1S/C24H22FN3/c1-16-2-4-17(5-3-16)18-6-8-19(9-7-18)22-14-27-24(28-15-22)20-10-11-21(13-26)23(25)12-20/h6-12,14-17H,2-5H2,1H3/t16-,17-. The molecule has 1 aliphatic carbocycles. The summed E-state index contributed by atoms with van der Waals surface area (Å²) in [5, 5.41) is 8.84. The van der Waals surface area contributed by atoms with E-state index in [1.165, 1.54) is 43.4 Å². The Morgan fingerprint density at radius 1 is 0.893 bits per heavy atom.